The lowest BCUT2D eigenvalue weighted by molar-refractivity contribution is 0.460. The first-order valence-corrected chi connectivity index (χ1v) is 4.29. The summed E-state index contributed by atoms with van der Waals surface area (Å²) in [4.78, 5) is 0. The molecule has 0 amide bonds. The highest BCUT2D eigenvalue weighted by atomic mass is 79.9. The minimum atomic E-state index is 0.445. The Hall–Kier alpha value is -1.03. The van der Waals surface area contributed by atoms with Crippen LogP contribution in [0.3, 0.4) is 0 Å². The maximum absolute atomic E-state index is 5.58. The van der Waals surface area contributed by atoms with Crippen molar-refractivity contribution in [3.63, 3.8) is 0 Å². The summed E-state index contributed by atoms with van der Waals surface area (Å²) < 4.78 is 5.99. The molecule has 0 saturated heterocycles. The zero-order valence-corrected chi connectivity index (χ0v) is 8.05. The fourth-order valence-corrected chi connectivity index (χ4v) is 1.41. The van der Waals surface area contributed by atoms with Crippen molar-refractivity contribution in [3.05, 3.63) is 22.2 Å². The normalized spacial score (nSPS) is 10.8. The number of nitrogens with two attached hydrogens (primary N) is 1. The molecule has 1 heterocycles. The highest BCUT2D eigenvalue weighted by Crippen LogP contribution is 2.26. The van der Waals surface area contributed by atoms with Gasteiger partial charge in [-0.3, -0.25) is 0 Å². The van der Waals surface area contributed by atoms with Crippen LogP contribution in [0.2, 0.25) is 0 Å². The number of anilines is 1. The van der Waals surface area contributed by atoms with Crippen LogP contribution >= 0.6 is 15.9 Å². The van der Waals surface area contributed by atoms with E-state index >= 15 is 0 Å². The van der Waals surface area contributed by atoms with Gasteiger partial charge in [-0.25, -0.2) is 0 Å². The third-order valence-electron chi connectivity index (χ3n) is 1.78. The summed E-state index contributed by atoms with van der Waals surface area (Å²) >= 11 is 3.40. The van der Waals surface area contributed by atoms with E-state index in [1.165, 1.54) is 0 Å². The number of hydrogen-bond acceptors (Lipinski definition) is 3. The number of nitrogen functional groups attached to an aromatic ring is 1. The van der Waals surface area contributed by atoms with E-state index in [0.29, 0.717) is 11.4 Å². The van der Waals surface area contributed by atoms with Gasteiger partial charge in [0.2, 0.25) is 0 Å². The van der Waals surface area contributed by atoms with Gasteiger partial charge in [-0.05, 0) is 24.6 Å². The fourth-order valence-electron chi connectivity index (χ4n) is 1.09. The molecular weight excluding hydrogens is 220 g/mol. The zero-order chi connectivity index (χ0) is 8.72. The summed E-state index contributed by atoms with van der Waals surface area (Å²) in [5, 5.41) is 4.53. The Morgan fingerprint density at radius 2 is 2.25 bits per heavy atom. The van der Waals surface area contributed by atoms with Crippen LogP contribution in [0, 0.1) is 6.92 Å². The van der Waals surface area contributed by atoms with E-state index in [9.17, 15) is 0 Å². The van der Waals surface area contributed by atoms with E-state index in [2.05, 4.69) is 21.1 Å². The van der Waals surface area contributed by atoms with Gasteiger partial charge in [-0.2, -0.15) is 0 Å². The van der Waals surface area contributed by atoms with Gasteiger partial charge in [0.15, 0.2) is 11.4 Å². The molecule has 3 nitrogen and oxygen atoms in total. The Kier molecular flexibility index (Phi) is 1.58. The number of fused-ring (bicyclic) bond motifs is 1. The van der Waals surface area contributed by atoms with Gasteiger partial charge in [0.25, 0.3) is 0 Å². The minimum Gasteiger partial charge on any atom is -0.380 e. The molecule has 0 fully saturated rings. The minimum absolute atomic E-state index is 0.445. The first kappa shape index (κ1) is 7.61. The van der Waals surface area contributed by atoms with E-state index < -0.39 is 0 Å². The predicted molar refractivity (Wildman–Crippen MR) is 50.9 cm³/mol. The molecule has 0 aliphatic rings. The number of aromatic nitrogens is 1. The Balaban J connectivity index is 2.87. The average molecular weight is 227 g/mol. The molecule has 0 unspecified atom stereocenters. The van der Waals surface area contributed by atoms with Crippen molar-refractivity contribution in [2.75, 3.05) is 5.73 Å². The molecule has 2 aromatic rings. The van der Waals surface area contributed by atoms with Crippen molar-refractivity contribution in [1.82, 2.24) is 5.16 Å². The molecule has 2 rings (SSSR count). The van der Waals surface area contributed by atoms with Crippen molar-refractivity contribution in [2.45, 2.75) is 6.92 Å². The van der Waals surface area contributed by atoms with Gasteiger partial charge in [0.05, 0.1) is 5.39 Å². The highest BCUT2D eigenvalue weighted by molar-refractivity contribution is 9.10. The lowest BCUT2D eigenvalue weighted by Crippen LogP contribution is -1.83. The molecule has 0 atom stereocenters. The number of aryl methyl sites for hydroxylation is 1. The monoisotopic (exact) mass is 226 g/mol. The second-order valence-corrected chi connectivity index (χ2v) is 3.52. The standard InChI is InChI=1S/C8H7BrN2O/c1-4-2-5-7(3-6(4)9)12-11-8(5)10/h2-3H,1H3,(H2,10,11). The van der Waals surface area contributed by atoms with Crippen LogP contribution in [0.4, 0.5) is 5.82 Å². The van der Waals surface area contributed by atoms with Crippen molar-refractivity contribution in [3.8, 4) is 0 Å². The number of benzene rings is 1. The fraction of sp³-hybridized carbons (Fsp3) is 0.125. The molecule has 0 spiro atoms. The van der Waals surface area contributed by atoms with Crippen LogP contribution < -0.4 is 5.73 Å². The SMILES string of the molecule is Cc1cc2c(N)noc2cc1Br. The average Bonchev–Trinajstić information content (AvgIpc) is 2.35. The zero-order valence-electron chi connectivity index (χ0n) is 6.47. The Bertz CT molecular complexity index is 436. The number of rotatable bonds is 0. The molecule has 1 aromatic carbocycles. The van der Waals surface area contributed by atoms with E-state index in [0.717, 1.165) is 15.4 Å². The highest BCUT2D eigenvalue weighted by Gasteiger charge is 2.06. The Labute approximate surface area is 77.7 Å². The van der Waals surface area contributed by atoms with E-state index in [1.54, 1.807) is 0 Å². The van der Waals surface area contributed by atoms with Crippen molar-refractivity contribution in [1.29, 1.82) is 0 Å². The Morgan fingerprint density at radius 3 is 3.00 bits per heavy atom. The van der Waals surface area contributed by atoms with Crippen molar-refractivity contribution < 1.29 is 4.52 Å². The maximum atomic E-state index is 5.58. The first-order chi connectivity index (χ1) is 5.68. The van der Waals surface area contributed by atoms with Crippen LogP contribution in [0.1, 0.15) is 5.56 Å². The summed E-state index contributed by atoms with van der Waals surface area (Å²) in [6, 6.07) is 3.82. The molecule has 4 heteroatoms. The van der Waals surface area contributed by atoms with Gasteiger partial charge < -0.3 is 10.3 Å². The summed E-state index contributed by atoms with van der Waals surface area (Å²) in [7, 11) is 0. The number of nitrogens with zero attached hydrogens (tertiary/aromatic N) is 1. The van der Waals surface area contributed by atoms with Crippen LogP contribution in [0.15, 0.2) is 21.1 Å². The molecule has 2 N–H and O–H groups in total. The van der Waals surface area contributed by atoms with E-state index in [1.807, 2.05) is 19.1 Å². The quantitative estimate of drug-likeness (QED) is 0.752. The van der Waals surface area contributed by atoms with Crippen molar-refractivity contribution in [2.24, 2.45) is 0 Å². The van der Waals surface area contributed by atoms with Gasteiger partial charge in [0, 0.05) is 4.47 Å². The lowest BCUT2D eigenvalue weighted by Gasteiger charge is -1.95. The molecule has 12 heavy (non-hydrogen) atoms. The van der Waals surface area contributed by atoms with Gasteiger partial charge in [0.1, 0.15) is 0 Å². The summed E-state index contributed by atoms with van der Waals surface area (Å²) in [6.07, 6.45) is 0. The molecule has 62 valence electrons. The van der Waals surface area contributed by atoms with Crippen LogP contribution in [0.5, 0.6) is 0 Å². The molecule has 0 aliphatic carbocycles. The lowest BCUT2D eigenvalue weighted by atomic mass is 10.2. The second-order valence-electron chi connectivity index (χ2n) is 2.67. The van der Waals surface area contributed by atoms with Crippen molar-refractivity contribution >= 4 is 32.7 Å². The summed E-state index contributed by atoms with van der Waals surface area (Å²) in [5.41, 5.74) is 7.41. The predicted octanol–water partition coefficient (Wildman–Crippen LogP) is 2.48. The largest absolute Gasteiger partial charge is 0.380 e. The van der Waals surface area contributed by atoms with E-state index in [-0.39, 0.29) is 0 Å². The number of hydrogen-bond donors (Lipinski definition) is 1. The molecule has 0 radical (unpaired) electrons. The third-order valence-corrected chi connectivity index (χ3v) is 2.63. The van der Waals surface area contributed by atoms with Crippen LogP contribution in [-0.4, -0.2) is 5.16 Å². The first-order valence-electron chi connectivity index (χ1n) is 3.49. The topological polar surface area (TPSA) is 52.0 Å². The molecule has 0 bridgehead atoms. The number of halogens is 1. The molecule has 0 aliphatic heterocycles. The van der Waals surface area contributed by atoms with Gasteiger partial charge >= 0.3 is 0 Å². The maximum Gasteiger partial charge on any atom is 0.174 e. The van der Waals surface area contributed by atoms with Gasteiger partial charge in [-0.1, -0.05) is 21.1 Å². The third kappa shape index (κ3) is 0.992. The summed E-state index contributed by atoms with van der Waals surface area (Å²) in [5.74, 6) is 0.445. The van der Waals surface area contributed by atoms with Gasteiger partial charge in [-0.15, -0.1) is 0 Å². The molecule has 0 saturated carbocycles. The Morgan fingerprint density at radius 1 is 1.50 bits per heavy atom. The van der Waals surface area contributed by atoms with E-state index in [4.69, 9.17) is 10.3 Å². The smallest absolute Gasteiger partial charge is 0.174 e. The van der Waals surface area contributed by atoms with Crippen LogP contribution in [0.25, 0.3) is 11.0 Å². The second kappa shape index (κ2) is 2.48. The molecule has 1 aromatic heterocycles. The summed E-state index contributed by atoms with van der Waals surface area (Å²) in [6.45, 7) is 2.00. The molecular formula is C8H7BrN2O. The van der Waals surface area contributed by atoms with Crippen LogP contribution in [-0.2, 0) is 0 Å².